The number of nitrogens with one attached hydrogen (secondary N) is 2. The molecule has 23 heavy (non-hydrogen) atoms. The number of ether oxygens (including phenoxy) is 1. The summed E-state index contributed by atoms with van der Waals surface area (Å²) in [6.07, 6.45) is 1.93. The van der Waals surface area contributed by atoms with Crippen molar-refractivity contribution >= 4 is 11.9 Å². The van der Waals surface area contributed by atoms with E-state index in [0.29, 0.717) is 19.1 Å². The van der Waals surface area contributed by atoms with Crippen LogP contribution in [0.2, 0.25) is 0 Å². The lowest BCUT2D eigenvalue weighted by Crippen LogP contribution is -2.26. The summed E-state index contributed by atoms with van der Waals surface area (Å²) in [6, 6.07) is 7.23. The highest BCUT2D eigenvalue weighted by Crippen LogP contribution is 2.20. The Balaban J connectivity index is 1.90. The maximum atomic E-state index is 12.1. The fraction of sp³-hybridized carbons (Fsp3) is 0.529. The fourth-order valence-corrected chi connectivity index (χ4v) is 2.30. The largest absolute Gasteiger partial charge is 0.494 e. The Hall–Kier alpha value is -2.08. The number of hydrogen-bond acceptors (Lipinski definition) is 4. The van der Waals surface area contributed by atoms with Crippen LogP contribution in [0, 0.1) is 0 Å². The van der Waals surface area contributed by atoms with E-state index in [1.807, 2.05) is 38.4 Å². The first-order valence-corrected chi connectivity index (χ1v) is 8.09. The van der Waals surface area contributed by atoms with Gasteiger partial charge in [0.05, 0.1) is 6.61 Å². The fourth-order valence-electron chi connectivity index (χ4n) is 2.30. The Morgan fingerprint density at radius 1 is 1.26 bits per heavy atom. The molecule has 0 radical (unpaired) electrons. The van der Waals surface area contributed by atoms with Crippen molar-refractivity contribution in [3.63, 3.8) is 0 Å². The molecule has 1 unspecified atom stereocenters. The summed E-state index contributed by atoms with van der Waals surface area (Å²) in [5.41, 5.74) is 0.907. The SMILES string of the molecule is CCCOc1ccc(C2NC(=NCCCN(C)C)NC2=O)cc1. The van der Waals surface area contributed by atoms with Gasteiger partial charge in [-0.15, -0.1) is 0 Å². The van der Waals surface area contributed by atoms with Gasteiger partial charge in [-0.2, -0.15) is 0 Å². The Morgan fingerprint density at radius 3 is 2.65 bits per heavy atom. The van der Waals surface area contributed by atoms with Crippen molar-refractivity contribution in [1.82, 2.24) is 15.5 Å². The number of nitrogens with zero attached hydrogens (tertiary/aromatic N) is 2. The van der Waals surface area contributed by atoms with E-state index in [2.05, 4.69) is 27.4 Å². The molecule has 1 aromatic rings. The number of rotatable bonds is 8. The van der Waals surface area contributed by atoms with Gasteiger partial charge in [-0.1, -0.05) is 19.1 Å². The molecule has 1 aliphatic rings. The molecule has 2 rings (SSSR count). The van der Waals surface area contributed by atoms with Crippen molar-refractivity contribution in [2.75, 3.05) is 33.8 Å². The lowest BCUT2D eigenvalue weighted by molar-refractivity contribution is -0.120. The predicted octanol–water partition coefficient (Wildman–Crippen LogP) is 1.54. The zero-order valence-corrected chi connectivity index (χ0v) is 14.1. The van der Waals surface area contributed by atoms with E-state index in [4.69, 9.17) is 4.74 Å². The Morgan fingerprint density at radius 2 is 2.00 bits per heavy atom. The van der Waals surface area contributed by atoms with Gasteiger partial charge in [-0.3, -0.25) is 15.1 Å². The maximum absolute atomic E-state index is 12.1. The van der Waals surface area contributed by atoms with E-state index in [9.17, 15) is 4.79 Å². The highest BCUT2D eigenvalue weighted by molar-refractivity contribution is 6.06. The normalized spacial score (nSPS) is 19.0. The average molecular weight is 318 g/mol. The summed E-state index contributed by atoms with van der Waals surface area (Å²) in [6.45, 7) is 4.44. The molecule has 6 heteroatoms. The molecule has 2 N–H and O–H groups in total. The molecule has 6 nitrogen and oxygen atoms in total. The van der Waals surface area contributed by atoms with Gasteiger partial charge in [0.2, 0.25) is 0 Å². The lowest BCUT2D eigenvalue weighted by atomic mass is 10.1. The number of benzene rings is 1. The van der Waals surface area contributed by atoms with Crippen molar-refractivity contribution < 1.29 is 9.53 Å². The van der Waals surface area contributed by atoms with Crippen LogP contribution in [-0.4, -0.2) is 50.6 Å². The van der Waals surface area contributed by atoms with Gasteiger partial charge in [0, 0.05) is 6.54 Å². The van der Waals surface area contributed by atoms with Crippen LogP contribution in [0.25, 0.3) is 0 Å². The van der Waals surface area contributed by atoms with Gasteiger partial charge in [-0.05, 0) is 51.2 Å². The minimum atomic E-state index is -0.386. The minimum absolute atomic E-state index is 0.0708. The molecule has 0 spiro atoms. The first-order chi connectivity index (χ1) is 11.1. The second-order valence-corrected chi connectivity index (χ2v) is 5.87. The molecule has 1 aliphatic heterocycles. The summed E-state index contributed by atoms with van der Waals surface area (Å²) in [5, 5.41) is 5.94. The van der Waals surface area contributed by atoms with Crippen LogP contribution in [0.1, 0.15) is 31.4 Å². The van der Waals surface area contributed by atoms with E-state index >= 15 is 0 Å². The lowest BCUT2D eigenvalue weighted by Gasteiger charge is -2.10. The van der Waals surface area contributed by atoms with Gasteiger partial charge in [0.15, 0.2) is 5.96 Å². The van der Waals surface area contributed by atoms with E-state index in [1.165, 1.54) is 0 Å². The van der Waals surface area contributed by atoms with Crippen molar-refractivity contribution in [2.45, 2.75) is 25.8 Å². The molecule has 1 saturated heterocycles. The molecular formula is C17H26N4O2. The molecule has 1 aromatic carbocycles. The molecule has 0 aromatic heterocycles. The van der Waals surface area contributed by atoms with Crippen LogP contribution in [0.5, 0.6) is 5.75 Å². The summed E-state index contributed by atoms with van der Waals surface area (Å²) in [5.74, 6) is 1.32. The van der Waals surface area contributed by atoms with Crippen LogP contribution in [0.15, 0.2) is 29.3 Å². The number of guanidine groups is 1. The Kier molecular flexibility index (Phi) is 6.40. The quantitative estimate of drug-likeness (QED) is 0.714. The third-order valence-corrected chi connectivity index (χ3v) is 3.50. The van der Waals surface area contributed by atoms with Crippen molar-refractivity contribution in [3.05, 3.63) is 29.8 Å². The van der Waals surface area contributed by atoms with Gasteiger partial charge in [-0.25, -0.2) is 0 Å². The molecule has 126 valence electrons. The van der Waals surface area contributed by atoms with Gasteiger partial charge >= 0.3 is 0 Å². The van der Waals surface area contributed by atoms with Crippen molar-refractivity contribution in [1.29, 1.82) is 0 Å². The smallest absolute Gasteiger partial charge is 0.253 e. The Bertz CT molecular complexity index is 540. The first kappa shape index (κ1) is 17.3. The molecule has 0 bridgehead atoms. The summed E-state index contributed by atoms with van der Waals surface area (Å²) in [4.78, 5) is 18.6. The van der Waals surface area contributed by atoms with Crippen LogP contribution < -0.4 is 15.4 Å². The summed E-state index contributed by atoms with van der Waals surface area (Å²) < 4.78 is 5.56. The zero-order valence-electron chi connectivity index (χ0n) is 14.1. The van der Waals surface area contributed by atoms with Gasteiger partial charge in [0.1, 0.15) is 11.8 Å². The second kappa shape index (κ2) is 8.53. The van der Waals surface area contributed by atoms with E-state index in [-0.39, 0.29) is 11.9 Å². The molecule has 1 fully saturated rings. The molecule has 0 saturated carbocycles. The van der Waals surface area contributed by atoms with Crippen LogP contribution in [-0.2, 0) is 4.79 Å². The summed E-state index contributed by atoms with van der Waals surface area (Å²) >= 11 is 0. The number of amides is 1. The second-order valence-electron chi connectivity index (χ2n) is 5.87. The number of aliphatic imine (C=N–C) groups is 1. The number of hydrogen-bond donors (Lipinski definition) is 2. The van der Waals surface area contributed by atoms with Gasteiger partial charge in [0.25, 0.3) is 5.91 Å². The van der Waals surface area contributed by atoms with Crippen LogP contribution in [0.3, 0.4) is 0 Å². The molecule has 1 atom stereocenters. The molecule has 0 aliphatic carbocycles. The number of carbonyl (C=O) groups is 1. The van der Waals surface area contributed by atoms with Crippen molar-refractivity contribution in [3.8, 4) is 5.75 Å². The van der Waals surface area contributed by atoms with Crippen LogP contribution in [0.4, 0.5) is 0 Å². The zero-order chi connectivity index (χ0) is 16.7. The third kappa shape index (κ3) is 5.25. The minimum Gasteiger partial charge on any atom is -0.494 e. The Labute approximate surface area is 137 Å². The highest BCUT2D eigenvalue weighted by Gasteiger charge is 2.29. The molecule has 1 heterocycles. The van der Waals surface area contributed by atoms with E-state index in [0.717, 1.165) is 30.7 Å². The summed E-state index contributed by atoms with van der Waals surface area (Å²) in [7, 11) is 4.07. The van der Waals surface area contributed by atoms with E-state index in [1.54, 1.807) is 0 Å². The monoisotopic (exact) mass is 318 g/mol. The third-order valence-electron chi connectivity index (χ3n) is 3.50. The average Bonchev–Trinajstić information content (AvgIpc) is 2.91. The molecular weight excluding hydrogens is 292 g/mol. The first-order valence-electron chi connectivity index (χ1n) is 8.09. The van der Waals surface area contributed by atoms with Gasteiger partial charge < -0.3 is 15.0 Å². The molecule has 1 amide bonds. The van der Waals surface area contributed by atoms with E-state index < -0.39 is 0 Å². The standard InChI is InChI=1S/C17H26N4O2/c1-4-12-23-14-8-6-13(7-9-14)15-16(22)20-17(19-15)18-10-5-11-21(2)3/h6-9,15H,4-5,10-12H2,1-3H3,(H2,18,19,20,22). The maximum Gasteiger partial charge on any atom is 0.253 e. The topological polar surface area (TPSA) is 66.0 Å². The van der Waals surface area contributed by atoms with Crippen LogP contribution >= 0.6 is 0 Å². The highest BCUT2D eigenvalue weighted by atomic mass is 16.5. The number of carbonyl (C=O) groups excluding carboxylic acids is 1. The predicted molar refractivity (Wildman–Crippen MR) is 91.7 cm³/mol. The van der Waals surface area contributed by atoms with Crippen molar-refractivity contribution in [2.24, 2.45) is 4.99 Å².